The van der Waals surface area contributed by atoms with Crippen LogP contribution in [0, 0.1) is 0 Å². The Morgan fingerprint density at radius 1 is 0.392 bits per heavy atom. The second kappa shape index (κ2) is 54.4. The molecule has 0 aromatic carbocycles. The van der Waals surface area contributed by atoms with E-state index in [0.29, 0.717) is 58.4 Å². The number of unbranched alkanes of at least 4 members (excludes halogenated alkanes) is 29. The Morgan fingerprint density at radius 3 is 1.11 bits per heavy atom. The minimum Gasteiger partial charge on any atom is -0.466 e. The van der Waals surface area contributed by atoms with Gasteiger partial charge in [-0.2, -0.15) is 0 Å². The van der Waals surface area contributed by atoms with Crippen molar-refractivity contribution >= 4 is 35.9 Å². The van der Waals surface area contributed by atoms with Crippen molar-refractivity contribution in [2.45, 2.75) is 297 Å². The van der Waals surface area contributed by atoms with Gasteiger partial charge in [-0.15, -0.1) is 0 Å². The highest BCUT2D eigenvalue weighted by Gasteiger charge is 2.24. The fourth-order valence-corrected chi connectivity index (χ4v) is 8.59. The van der Waals surface area contributed by atoms with Crippen LogP contribution >= 0.6 is 0 Å². The van der Waals surface area contributed by atoms with Crippen LogP contribution in [0.15, 0.2) is 0 Å². The Balaban J connectivity index is 0. The van der Waals surface area contributed by atoms with Gasteiger partial charge in [0.05, 0.1) is 19.6 Å². The second-order valence-corrected chi connectivity index (χ2v) is 20.7. The molecule has 14 heteroatoms. The summed E-state index contributed by atoms with van der Waals surface area (Å²) in [6, 6.07) is 0. The molecule has 0 fully saturated rings. The van der Waals surface area contributed by atoms with E-state index in [1.54, 1.807) is 0 Å². The Morgan fingerprint density at radius 2 is 0.730 bits per heavy atom. The molecule has 0 saturated carbocycles. The molecule has 436 valence electrons. The van der Waals surface area contributed by atoms with E-state index < -0.39 is 36.2 Å². The molecular formula is C60H114N2O12. The fourth-order valence-electron chi connectivity index (χ4n) is 8.59. The average Bonchev–Trinajstić information content (AvgIpc) is 3.38. The summed E-state index contributed by atoms with van der Waals surface area (Å²) in [5, 5.41) is 2.78. The molecule has 0 saturated heterocycles. The first kappa shape index (κ1) is 70.6. The van der Waals surface area contributed by atoms with Gasteiger partial charge in [0.2, 0.25) is 0 Å². The van der Waals surface area contributed by atoms with Crippen molar-refractivity contribution in [2.24, 2.45) is 0 Å². The topological polar surface area (TPSA) is 173 Å². The number of likely N-dealkylation sites (N-methyl/N-ethyl adjacent to an activating group) is 1. The van der Waals surface area contributed by atoms with Gasteiger partial charge in [0, 0.05) is 40.2 Å². The first-order chi connectivity index (χ1) is 36.0. The lowest BCUT2D eigenvalue weighted by Crippen LogP contribution is -2.36. The second-order valence-electron chi connectivity index (χ2n) is 20.7. The standard InChI is InChI=1S/C60H112N2O12.H2/c1-6-10-13-16-19-21-23-32-39-48-69-55(63)42-35-28-25-30-37-44-57(65)71-51-54(73-59(67)50-53(41-34-27-18-15-12-8-3)74-60(68)61-46-47-62(5)9-4)52-72-58(66)45-38-31-26-29-36-43-56(64)70-49-40-33-24-22-20-17-14-11-7-2;/h53-54H,6-52H2,1-5H3,(H,61,68);1H. The predicted octanol–water partition coefficient (Wildman–Crippen LogP) is 15.0. The van der Waals surface area contributed by atoms with Crippen LogP contribution < -0.4 is 5.32 Å². The first-order valence-electron chi connectivity index (χ1n) is 30.5. The zero-order valence-corrected chi connectivity index (χ0v) is 48.2. The van der Waals surface area contributed by atoms with E-state index in [-0.39, 0.29) is 45.8 Å². The zero-order valence-electron chi connectivity index (χ0n) is 48.2. The summed E-state index contributed by atoms with van der Waals surface area (Å²) in [4.78, 5) is 78.2. The van der Waals surface area contributed by atoms with Gasteiger partial charge in [-0.25, -0.2) is 4.79 Å². The largest absolute Gasteiger partial charge is 0.466 e. The molecule has 0 aromatic rings. The van der Waals surface area contributed by atoms with Crippen LogP contribution in [0.1, 0.15) is 286 Å². The first-order valence-corrected chi connectivity index (χ1v) is 30.5. The summed E-state index contributed by atoms with van der Waals surface area (Å²) in [7, 11) is 1.96. The highest BCUT2D eigenvalue weighted by atomic mass is 16.6. The highest BCUT2D eigenvalue weighted by Crippen LogP contribution is 2.17. The SMILES string of the molecule is CCCCCCCCCCCOC(=O)CCCCCCCC(=O)OCC(COC(=O)CCCCCCCC(=O)OCCCCCCCCCCC)OC(=O)CC(CCCCCCCC)OC(=O)NCCN(C)CC.[HH]. The van der Waals surface area contributed by atoms with E-state index in [1.165, 1.54) is 89.9 Å². The average molecular weight is 1060 g/mol. The van der Waals surface area contributed by atoms with Gasteiger partial charge in [0.1, 0.15) is 19.3 Å². The molecule has 0 radical (unpaired) electrons. The van der Waals surface area contributed by atoms with Crippen molar-refractivity contribution in [3.8, 4) is 0 Å². The molecule has 1 amide bonds. The number of esters is 5. The third-order valence-corrected chi connectivity index (χ3v) is 13.6. The van der Waals surface area contributed by atoms with Gasteiger partial charge >= 0.3 is 35.9 Å². The van der Waals surface area contributed by atoms with Crippen molar-refractivity contribution in [3.05, 3.63) is 0 Å². The van der Waals surface area contributed by atoms with Crippen LogP contribution in [-0.4, -0.2) is 106 Å². The van der Waals surface area contributed by atoms with Crippen LogP contribution in [0.25, 0.3) is 0 Å². The number of carbonyl (C=O) groups excluding carboxylic acids is 6. The Hall–Kier alpha value is -3.42. The molecule has 0 aromatic heterocycles. The third kappa shape index (κ3) is 50.7. The summed E-state index contributed by atoms with van der Waals surface area (Å²) >= 11 is 0. The molecule has 1 unspecified atom stereocenters. The van der Waals surface area contributed by atoms with Gasteiger partial charge in [-0.1, -0.05) is 201 Å². The minimum atomic E-state index is -1.04. The molecular weight excluding hydrogens is 941 g/mol. The Kier molecular flexibility index (Phi) is 51.9. The van der Waals surface area contributed by atoms with Crippen molar-refractivity contribution in [2.75, 3.05) is 53.1 Å². The summed E-state index contributed by atoms with van der Waals surface area (Å²) < 4.78 is 33.4. The molecule has 0 aliphatic heterocycles. The van der Waals surface area contributed by atoms with E-state index in [0.717, 1.165) is 122 Å². The van der Waals surface area contributed by atoms with Crippen LogP contribution in [-0.2, 0) is 52.4 Å². The monoisotopic (exact) mass is 1050 g/mol. The minimum absolute atomic E-state index is 0. The third-order valence-electron chi connectivity index (χ3n) is 13.6. The number of rotatable bonds is 55. The number of carbonyl (C=O) groups is 6. The van der Waals surface area contributed by atoms with E-state index in [4.69, 9.17) is 28.4 Å². The van der Waals surface area contributed by atoms with Crippen molar-refractivity contribution in [3.63, 3.8) is 0 Å². The lowest BCUT2D eigenvalue weighted by atomic mass is 10.1. The molecule has 0 heterocycles. The number of alkyl carbamates (subject to hydrolysis) is 1. The number of hydrogen-bond acceptors (Lipinski definition) is 13. The highest BCUT2D eigenvalue weighted by molar-refractivity contribution is 5.73. The van der Waals surface area contributed by atoms with E-state index in [2.05, 4.69) is 31.0 Å². The molecule has 0 spiro atoms. The number of nitrogens with zero attached hydrogens (tertiary/aromatic N) is 1. The molecule has 74 heavy (non-hydrogen) atoms. The Bertz CT molecular complexity index is 1290. The Labute approximate surface area is 453 Å². The summed E-state index contributed by atoms with van der Waals surface area (Å²) in [5.41, 5.74) is 0. The zero-order chi connectivity index (χ0) is 54.4. The molecule has 1 atom stereocenters. The molecule has 1 N–H and O–H groups in total. The number of hydrogen-bond donors (Lipinski definition) is 1. The molecule has 0 bridgehead atoms. The van der Waals surface area contributed by atoms with Crippen LogP contribution in [0.3, 0.4) is 0 Å². The molecule has 14 nitrogen and oxygen atoms in total. The van der Waals surface area contributed by atoms with Gasteiger partial charge in [-0.05, 0) is 65.0 Å². The summed E-state index contributed by atoms with van der Waals surface area (Å²) in [6.07, 6.45) is 35.1. The molecule has 0 rings (SSSR count). The summed E-state index contributed by atoms with van der Waals surface area (Å²) in [6.45, 7) is 11.0. The van der Waals surface area contributed by atoms with Crippen molar-refractivity contribution in [1.29, 1.82) is 0 Å². The summed E-state index contributed by atoms with van der Waals surface area (Å²) in [5.74, 6) is -1.82. The van der Waals surface area contributed by atoms with Crippen molar-refractivity contribution in [1.82, 2.24) is 10.2 Å². The van der Waals surface area contributed by atoms with Crippen molar-refractivity contribution < 1.29 is 58.6 Å². The number of amides is 1. The van der Waals surface area contributed by atoms with Crippen LogP contribution in [0.2, 0.25) is 0 Å². The normalized spacial score (nSPS) is 11.7. The van der Waals surface area contributed by atoms with E-state index in [9.17, 15) is 28.8 Å². The van der Waals surface area contributed by atoms with Crippen LogP contribution in [0.5, 0.6) is 0 Å². The van der Waals surface area contributed by atoms with Crippen LogP contribution in [0.4, 0.5) is 4.79 Å². The fraction of sp³-hybridized carbons (Fsp3) is 0.900. The smallest absolute Gasteiger partial charge is 0.407 e. The number of nitrogens with one attached hydrogen (secondary N) is 1. The maximum Gasteiger partial charge on any atom is 0.407 e. The number of ether oxygens (including phenoxy) is 6. The van der Waals surface area contributed by atoms with E-state index >= 15 is 0 Å². The van der Waals surface area contributed by atoms with Gasteiger partial charge < -0.3 is 38.6 Å². The molecule has 0 aliphatic carbocycles. The van der Waals surface area contributed by atoms with Gasteiger partial charge in [0.25, 0.3) is 0 Å². The molecule has 0 aliphatic rings. The quantitative estimate of drug-likeness (QED) is 0.0347. The van der Waals surface area contributed by atoms with E-state index in [1.807, 2.05) is 14.0 Å². The lowest BCUT2D eigenvalue weighted by Gasteiger charge is -2.21. The maximum atomic E-state index is 13.4. The maximum absolute atomic E-state index is 13.4. The predicted molar refractivity (Wildman–Crippen MR) is 299 cm³/mol. The van der Waals surface area contributed by atoms with Gasteiger partial charge in [0.15, 0.2) is 6.10 Å². The van der Waals surface area contributed by atoms with Gasteiger partial charge in [-0.3, -0.25) is 24.0 Å². The lowest BCUT2D eigenvalue weighted by molar-refractivity contribution is -0.168.